The van der Waals surface area contributed by atoms with Crippen LogP contribution in [0.4, 0.5) is 5.82 Å². The Morgan fingerprint density at radius 2 is 1.86 bits per heavy atom. The van der Waals surface area contributed by atoms with Crippen LogP contribution in [0.1, 0.15) is 29.0 Å². The number of rotatable bonds is 8. The molecular formula is C19H23N3O4S3. The maximum atomic E-state index is 12.8. The molecule has 0 spiro atoms. The number of aliphatic hydroxyl groups is 1. The van der Waals surface area contributed by atoms with E-state index in [1.165, 1.54) is 39.8 Å². The van der Waals surface area contributed by atoms with Gasteiger partial charge in [0.25, 0.3) is 10.0 Å². The van der Waals surface area contributed by atoms with E-state index in [4.69, 9.17) is 5.11 Å². The molecule has 10 heteroatoms. The Kier molecular flexibility index (Phi) is 6.67. The smallest absolute Gasteiger partial charge is 0.354 e. The molecular weight excluding hydrogens is 430 g/mol. The summed E-state index contributed by atoms with van der Waals surface area (Å²) in [5.41, 5.74) is 1.66. The van der Waals surface area contributed by atoms with Gasteiger partial charge in [0.1, 0.15) is 5.69 Å². The molecule has 3 rings (SSSR count). The van der Waals surface area contributed by atoms with Crippen molar-refractivity contribution in [3.63, 3.8) is 0 Å². The molecule has 0 unspecified atom stereocenters. The van der Waals surface area contributed by atoms with Gasteiger partial charge in [0, 0.05) is 17.2 Å². The van der Waals surface area contributed by atoms with Crippen molar-refractivity contribution < 1.29 is 13.5 Å². The van der Waals surface area contributed by atoms with Gasteiger partial charge in [0.2, 0.25) is 0 Å². The normalized spacial score (nSPS) is 11.9. The first-order valence-corrected chi connectivity index (χ1v) is 12.4. The lowest BCUT2D eigenvalue weighted by molar-refractivity contribution is 0.287. The van der Waals surface area contributed by atoms with Crippen molar-refractivity contribution in [2.45, 2.75) is 42.7 Å². The lowest BCUT2D eigenvalue weighted by Gasteiger charge is -2.16. The van der Waals surface area contributed by atoms with Gasteiger partial charge in [-0.3, -0.25) is 9.29 Å². The highest BCUT2D eigenvalue weighted by atomic mass is 32.2. The topological polar surface area (TPSA) is 101 Å². The zero-order chi connectivity index (χ0) is 21.2. The largest absolute Gasteiger partial charge is 0.396 e. The van der Waals surface area contributed by atoms with E-state index in [1.807, 2.05) is 20.8 Å². The Bertz CT molecular complexity index is 1130. The molecule has 2 heterocycles. The van der Waals surface area contributed by atoms with Gasteiger partial charge in [-0.15, -0.1) is 23.1 Å². The predicted octanol–water partition coefficient (Wildman–Crippen LogP) is 3.32. The number of thioether (sulfide) groups is 1. The first-order valence-electron chi connectivity index (χ1n) is 9.10. The first-order chi connectivity index (χ1) is 13.7. The van der Waals surface area contributed by atoms with Crippen molar-refractivity contribution in [3.05, 3.63) is 50.9 Å². The highest BCUT2D eigenvalue weighted by Gasteiger charge is 2.26. The number of aliphatic hydroxyl groups excluding tert-OH is 1. The summed E-state index contributed by atoms with van der Waals surface area (Å²) in [6.45, 7) is 5.75. The summed E-state index contributed by atoms with van der Waals surface area (Å²) >= 11 is 3.05. The number of unbranched alkanes of at least 4 members (excludes halogenated alkanes) is 1. The van der Waals surface area contributed by atoms with Gasteiger partial charge in [0.05, 0.1) is 9.10 Å². The molecule has 0 saturated heterocycles. The molecule has 0 radical (unpaired) electrons. The fourth-order valence-corrected chi connectivity index (χ4v) is 6.30. The van der Waals surface area contributed by atoms with Crippen LogP contribution >= 0.6 is 23.1 Å². The molecule has 0 fully saturated rings. The van der Waals surface area contributed by atoms with Gasteiger partial charge < -0.3 is 5.11 Å². The monoisotopic (exact) mass is 453 g/mol. The van der Waals surface area contributed by atoms with Crippen molar-refractivity contribution >= 4 is 38.9 Å². The zero-order valence-corrected chi connectivity index (χ0v) is 18.9. The minimum atomic E-state index is -3.88. The standard InChI is InChI=1S/C19H23N3O4S3/c1-12-6-8-15(9-7-12)29(25,26)21-17-16-18(27-11-5-4-10-23)28-14(3)13(2)22(16)19(24)20-17/h6-9,23H,4-5,10-11H2,1-3H3,(H,20,21,24). The van der Waals surface area contributed by atoms with Crippen LogP contribution in [0.25, 0.3) is 5.69 Å². The lowest BCUT2D eigenvalue weighted by Crippen LogP contribution is -2.17. The molecule has 0 amide bonds. The average Bonchev–Trinajstić information content (AvgIpc) is 2.98. The number of imidazole rings is 1. The maximum absolute atomic E-state index is 12.8. The van der Waals surface area contributed by atoms with Crippen molar-refractivity contribution in [3.8, 4) is 5.69 Å². The quantitative estimate of drug-likeness (QED) is 0.401. The number of nitrogens with one attached hydrogen (secondary N) is 1. The Morgan fingerprint density at radius 1 is 1.17 bits per heavy atom. The molecule has 2 aliphatic rings. The van der Waals surface area contributed by atoms with Crippen molar-refractivity contribution in [1.29, 1.82) is 0 Å². The Morgan fingerprint density at radius 3 is 2.52 bits per heavy atom. The van der Waals surface area contributed by atoms with Crippen LogP contribution in [0.15, 0.2) is 38.2 Å². The molecule has 1 aromatic rings. The zero-order valence-electron chi connectivity index (χ0n) is 16.4. The molecule has 0 aromatic heterocycles. The van der Waals surface area contributed by atoms with Crippen molar-refractivity contribution in [2.24, 2.45) is 0 Å². The van der Waals surface area contributed by atoms with Crippen LogP contribution in [-0.2, 0) is 10.0 Å². The second-order valence-electron chi connectivity index (χ2n) is 6.66. The Labute approximate surface area is 178 Å². The van der Waals surface area contributed by atoms with Gasteiger partial charge in [0.15, 0.2) is 5.82 Å². The molecule has 1 aromatic carbocycles. The first kappa shape index (κ1) is 21.8. The highest BCUT2D eigenvalue weighted by Crippen LogP contribution is 2.38. The lowest BCUT2D eigenvalue weighted by atomic mass is 10.2. The van der Waals surface area contributed by atoms with Crippen LogP contribution < -0.4 is 10.4 Å². The summed E-state index contributed by atoms with van der Waals surface area (Å²) in [4.78, 5) is 17.6. The van der Waals surface area contributed by atoms with Gasteiger partial charge in [-0.25, -0.2) is 13.2 Å². The number of fused-ring (bicyclic) bond motifs is 1. The SMILES string of the molecule is Cc1ccc(S(=O)(=O)Nc2nc(=O)n3c(C)c(C)sc(SCCCCO)c2-3)cc1. The van der Waals surface area contributed by atoms with Crippen LogP contribution in [0.5, 0.6) is 0 Å². The number of hydrogen-bond donors (Lipinski definition) is 2. The predicted molar refractivity (Wildman–Crippen MR) is 117 cm³/mol. The number of aromatic nitrogens is 2. The van der Waals surface area contributed by atoms with Crippen LogP contribution in [-0.4, -0.2) is 35.4 Å². The molecule has 0 atom stereocenters. The number of sulfonamides is 1. The maximum Gasteiger partial charge on any atom is 0.354 e. The fraction of sp³-hybridized carbons (Fsp3) is 0.368. The third-order valence-corrected chi connectivity index (χ3v) is 8.37. The minimum Gasteiger partial charge on any atom is -0.396 e. The van der Waals surface area contributed by atoms with E-state index in [2.05, 4.69) is 9.71 Å². The number of aryl methyl sites for hydroxylation is 2. The molecule has 0 aliphatic carbocycles. The van der Waals surface area contributed by atoms with Gasteiger partial charge in [-0.2, -0.15) is 4.98 Å². The van der Waals surface area contributed by atoms with Gasteiger partial charge >= 0.3 is 5.69 Å². The van der Waals surface area contributed by atoms with Gasteiger partial charge in [-0.05, 0) is 51.5 Å². The van der Waals surface area contributed by atoms with E-state index in [-0.39, 0.29) is 17.3 Å². The average molecular weight is 454 g/mol. The van der Waals surface area contributed by atoms with E-state index in [1.54, 1.807) is 12.1 Å². The van der Waals surface area contributed by atoms with E-state index < -0.39 is 15.7 Å². The fourth-order valence-electron chi connectivity index (χ4n) is 2.77. The highest BCUT2D eigenvalue weighted by molar-refractivity contribution is 8.01. The summed E-state index contributed by atoms with van der Waals surface area (Å²) < 4.78 is 30.5. The third kappa shape index (κ3) is 4.66. The third-order valence-electron chi connectivity index (χ3n) is 4.48. The van der Waals surface area contributed by atoms with Crippen molar-refractivity contribution in [1.82, 2.24) is 9.55 Å². The molecule has 156 valence electrons. The van der Waals surface area contributed by atoms with E-state index >= 15 is 0 Å². The van der Waals surface area contributed by atoms with E-state index in [0.717, 1.165) is 32.5 Å². The molecule has 2 N–H and O–H groups in total. The molecule has 29 heavy (non-hydrogen) atoms. The minimum absolute atomic E-state index is 0.0413. The Hall–Kier alpha value is -1.88. The Balaban J connectivity index is 2.04. The molecule has 0 saturated carbocycles. The van der Waals surface area contributed by atoms with E-state index in [0.29, 0.717) is 12.1 Å². The van der Waals surface area contributed by atoms with Crippen LogP contribution in [0, 0.1) is 20.8 Å². The van der Waals surface area contributed by atoms with Crippen molar-refractivity contribution in [2.75, 3.05) is 17.1 Å². The number of nitrogens with zero attached hydrogens (tertiary/aromatic N) is 2. The number of benzene rings is 1. The summed E-state index contributed by atoms with van der Waals surface area (Å²) in [5, 5.41) is 8.98. The summed E-state index contributed by atoms with van der Waals surface area (Å²) in [7, 11) is -3.88. The molecule has 0 bridgehead atoms. The van der Waals surface area contributed by atoms with Crippen LogP contribution in [0.3, 0.4) is 0 Å². The molecule has 2 aliphatic heterocycles. The molecule has 7 nitrogen and oxygen atoms in total. The second kappa shape index (κ2) is 8.86. The second-order valence-corrected chi connectivity index (χ2v) is 10.9. The summed E-state index contributed by atoms with van der Waals surface area (Å²) in [6.07, 6.45) is 1.51. The van der Waals surface area contributed by atoms with Crippen LogP contribution in [0.2, 0.25) is 0 Å². The summed E-state index contributed by atoms with van der Waals surface area (Å²) in [6, 6.07) is 6.49. The van der Waals surface area contributed by atoms with E-state index in [9.17, 15) is 13.2 Å². The van der Waals surface area contributed by atoms with Gasteiger partial charge in [-0.1, -0.05) is 17.7 Å². The summed E-state index contributed by atoms with van der Waals surface area (Å²) in [5.74, 6) is 0.790. The number of hydrogen-bond acceptors (Lipinski definition) is 7. The number of anilines is 1.